The van der Waals surface area contributed by atoms with E-state index in [0.717, 1.165) is 43.5 Å². The number of aromatic nitrogens is 2. The Hall–Kier alpha value is -2.34. The number of carbonyl (C=O) groups is 1. The summed E-state index contributed by atoms with van der Waals surface area (Å²) in [5.41, 5.74) is 6.00. The summed E-state index contributed by atoms with van der Waals surface area (Å²) in [6.45, 7) is 3.32. The highest BCUT2D eigenvalue weighted by atomic mass is 16.5. The van der Waals surface area contributed by atoms with Crippen LogP contribution in [0, 0.1) is 6.92 Å². The average molecular weight is 383 g/mol. The fourth-order valence-corrected chi connectivity index (χ4v) is 4.37. The van der Waals surface area contributed by atoms with E-state index in [9.17, 15) is 4.79 Å². The van der Waals surface area contributed by atoms with E-state index in [1.807, 2.05) is 11.7 Å². The van der Waals surface area contributed by atoms with Crippen LogP contribution < -0.4 is 10.6 Å². The number of amides is 2. The maximum absolute atomic E-state index is 12.6. The van der Waals surface area contributed by atoms with Crippen molar-refractivity contribution in [1.82, 2.24) is 20.4 Å². The lowest BCUT2D eigenvalue weighted by molar-refractivity contribution is -0.00744. The summed E-state index contributed by atoms with van der Waals surface area (Å²) in [6, 6.07) is 8.22. The first kappa shape index (κ1) is 19.0. The van der Waals surface area contributed by atoms with E-state index >= 15 is 0 Å². The second-order valence-electron chi connectivity index (χ2n) is 7.98. The standard InChI is InChI=1S/C22H30N4O2/c1-15-9-11-16(12-10-15)21-19(8-5-13-28-21)24-22(27)23-14-20-17-6-3-4-7-18(17)25-26(20)2/h9-12,19,21H,3-8,13-14H2,1-2H3,(H2,23,24,27). The molecular formula is C22H30N4O2. The van der Waals surface area contributed by atoms with Crippen LogP contribution in [-0.2, 0) is 31.2 Å². The van der Waals surface area contributed by atoms with Crippen LogP contribution in [0.5, 0.6) is 0 Å². The van der Waals surface area contributed by atoms with Crippen LogP contribution in [0.15, 0.2) is 24.3 Å². The quantitative estimate of drug-likeness (QED) is 0.852. The summed E-state index contributed by atoms with van der Waals surface area (Å²) in [6.07, 6.45) is 6.32. The van der Waals surface area contributed by atoms with Gasteiger partial charge in [0.25, 0.3) is 0 Å². The first-order valence-corrected chi connectivity index (χ1v) is 10.4. The summed E-state index contributed by atoms with van der Waals surface area (Å²) >= 11 is 0. The highest BCUT2D eigenvalue weighted by Gasteiger charge is 2.29. The smallest absolute Gasteiger partial charge is 0.315 e. The molecule has 0 bridgehead atoms. The molecule has 2 atom stereocenters. The number of ether oxygens (including phenoxy) is 1. The predicted molar refractivity (Wildman–Crippen MR) is 108 cm³/mol. The van der Waals surface area contributed by atoms with E-state index in [1.165, 1.54) is 29.7 Å². The van der Waals surface area contributed by atoms with Crippen molar-refractivity contribution in [3.05, 3.63) is 52.3 Å². The van der Waals surface area contributed by atoms with Gasteiger partial charge in [-0.25, -0.2) is 4.79 Å². The van der Waals surface area contributed by atoms with Crippen molar-refractivity contribution in [1.29, 1.82) is 0 Å². The van der Waals surface area contributed by atoms with Gasteiger partial charge in [0, 0.05) is 13.7 Å². The summed E-state index contributed by atoms with van der Waals surface area (Å²) in [5, 5.41) is 10.8. The van der Waals surface area contributed by atoms with Gasteiger partial charge in [-0.2, -0.15) is 5.10 Å². The minimum atomic E-state index is -0.140. The Morgan fingerprint density at radius 1 is 1.21 bits per heavy atom. The Morgan fingerprint density at radius 2 is 2.00 bits per heavy atom. The fourth-order valence-electron chi connectivity index (χ4n) is 4.37. The van der Waals surface area contributed by atoms with E-state index in [4.69, 9.17) is 4.74 Å². The van der Waals surface area contributed by atoms with Gasteiger partial charge in [-0.05, 0) is 56.6 Å². The highest BCUT2D eigenvalue weighted by Crippen LogP contribution is 2.29. The number of nitrogens with one attached hydrogen (secondary N) is 2. The molecular weight excluding hydrogens is 352 g/mol. The third kappa shape index (κ3) is 4.07. The van der Waals surface area contributed by atoms with Crippen molar-refractivity contribution in [2.75, 3.05) is 6.61 Å². The van der Waals surface area contributed by atoms with Crippen molar-refractivity contribution in [3.8, 4) is 0 Å². The Balaban J connectivity index is 1.38. The predicted octanol–water partition coefficient (Wildman–Crippen LogP) is 3.33. The number of aryl methyl sites for hydroxylation is 3. The molecule has 6 heteroatoms. The molecule has 2 amide bonds. The molecule has 1 aromatic carbocycles. The van der Waals surface area contributed by atoms with E-state index in [2.05, 4.69) is 46.9 Å². The van der Waals surface area contributed by atoms with Gasteiger partial charge in [0.15, 0.2) is 0 Å². The third-order valence-corrected chi connectivity index (χ3v) is 5.91. The summed E-state index contributed by atoms with van der Waals surface area (Å²) in [4.78, 5) is 12.6. The fraction of sp³-hybridized carbons (Fsp3) is 0.545. The molecule has 2 heterocycles. The molecule has 2 N–H and O–H groups in total. The molecule has 6 nitrogen and oxygen atoms in total. The minimum Gasteiger partial charge on any atom is -0.371 e. The molecule has 1 aliphatic heterocycles. The van der Waals surface area contributed by atoms with E-state index < -0.39 is 0 Å². The first-order valence-electron chi connectivity index (χ1n) is 10.4. The van der Waals surface area contributed by atoms with Gasteiger partial charge in [-0.1, -0.05) is 29.8 Å². The maximum Gasteiger partial charge on any atom is 0.315 e. The van der Waals surface area contributed by atoms with Crippen LogP contribution in [0.2, 0.25) is 0 Å². The lowest BCUT2D eigenvalue weighted by Crippen LogP contribution is -2.47. The largest absolute Gasteiger partial charge is 0.371 e. The lowest BCUT2D eigenvalue weighted by Gasteiger charge is -2.32. The lowest BCUT2D eigenvalue weighted by atomic mass is 9.95. The number of nitrogens with zero attached hydrogens (tertiary/aromatic N) is 2. The van der Waals surface area contributed by atoms with Crippen molar-refractivity contribution in [3.63, 3.8) is 0 Å². The molecule has 1 aliphatic carbocycles. The zero-order valence-corrected chi connectivity index (χ0v) is 16.8. The van der Waals surface area contributed by atoms with E-state index in [1.54, 1.807) is 0 Å². The van der Waals surface area contributed by atoms with Crippen molar-refractivity contribution >= 4 is 6.03 Å². The number of carbonyl (C=O) groups excluding carboxylic acids is 1. The topological polar surface area (TPSA) is 68.2 Å². The summed E-state index contributed by atoms with van der Waals surface area (Å²) < 4.78 is 7.93. The Bertz CT molecular complexity index is 828. The van der Waals surface area contributed by atoms with Crippen LogP contribution in [0.3, 0.4) is 0 Å². The number of fused-ring (bicyclic) bond motifs is 1. The van der Waals surface area contributed by atoms with Crippen LogP contribution in [0.1, 0.15) is 59.9 Å². The van der Waals surface area contributed by atoms with Gasteiger partial charge in [0.2, 0.25) is 0 Å². The van der Waals surface area contributed by atoms with Gasteiger partial charge >= 0.3 is 6.03 Å². The third-order valence-electron chi connectivity index (χ3n) is 5.91. The zero-order valence-electron chi connectivity index (χ0n) is 16.8. The molecule has 1 aromatic heterocycles. The number of benzene rings is 1. The van der Waals surface area contributed by atoms with Gasteiger partial charge < -0.3 is 15.4 Å². The number of rotatable bonds is 4. The Morgan fingerprint density at radius 3 is 2.82 bits per heavy atom. The molecule has 0 saturated carbocycles. The Labute approximate surface area is 166 Å². The summed E-state index contributed by atoms with van der Waals surface area (Å²) in [7, 11) is 1.97. The number of urea groups is 1. The molecule has 0 radical (unpaired) electrons. The number of hydrogen-bond donors (Lipinski definition) is 2. The monoisotopic (exact) mass is 382 g/mol. The molecule has 0 spiro atoms. The molecule has 1 fully saturated rings. The first-order chi connectivity index (χ1) is 13.6. The van der Waals surface area contributed by atoms with Gasteiger partial charge in [-0.3, -0.25) is 4.68 Å². The van der Waals surface area contributed by atoms with Crippen LogP contribution in [-0.4, -0.2) is 28.5 Å². The molecule has 2 aromatic rings. The Kier molecular flexibility index (Phi) is 5.67. The van der Waals surface area contributed by atoms with E-state index in [0.29, 0.717) is 6.54 Å². The molecule has 28 heavy (non-hydrogen) atoms. The molecule has 2 aliphatic rings. The molecule has 2 unspecified atom stereocenters. The van der Waals surface area contributed by atoms with Gasteiger partial charge in [0.1, 0.15) is 6.10 Å². The van der Waals surface area contributed by atoms with Crippen LogP contribution in [0.4, 0.5) is 4.79 Å². The highest BCUT2D eigenvalue weighted by molar-refractivity contribution is 5.74. The molecule has 4 rings (SSSR count). The molecule has 1 saturated heterocycles. The van der Waals surface area contributed by atoms with Gasteiger partial charge in [0.05, 0.1) is 24.0 Å². The molecule has 150 valence electrons. The summed E-state index contributed by atoms with van der Waals surface area (Å²) in [5.74, 6) is 0. The maximum atomic E-state index is 12.6. The number of hydrogen-bond acceptors (Lipinski definition) is 3. The average Bonchev–Trinajstić information content (AvgIpc) is 3.02. The van der Waals surface area contributed by atoms with Crippen LogP contribution >= 0.6 is 0 Å². The second-order valence-corrected chi connectivity index (χ2v) is 7.98. The zero-order chi connectivity index (χ0) is 19.5. The van der Waals surface area contributed by atoms with Gasteiger partial charge in [-0.15, -0.1) is 0 Å². The second kappa shape index (κ2) is 8.35. The normalized spacial score (nSPS) is 21.8. The van der Waals surface area contributed by atoms with Crippen molar-refractivity contribution in [2.45, 2.75) is 64.1 Å². The minimum absolute atomic E-state index is 0.0168. The van der Waals surface area contributed by atoms with Crippen molar-refractivity contribution in [2.24, 2.45) is 7.05 Å². The SMILES string of the molecule is Cc1ccc(C2OCCCC2NC(=O)NCc2c3c(nn2C)CCCC3)cc1. The van der Waals surface area contributed by atoms with E-state index in [-0.39, 0.29) is 18.2 Å². The van der Waals surface area contributed by atoms with Crippen molar-refractivity contribution < 1.29 is 9.53 Å². The van der Waals surface area contributed by atoms with Crippen LogP contribution in [0.25, 0.3) is 0 Å².